The van der Waals surface area contributed by atoms with Gasteiger partial charge in [0.2, 0.25) is 5.91 Å². The van der Waals surface area contributed by atoms with Crippen LogP contribution in [0, 0.1) is 0 Å². The van der Waals surface area contributed by atoms with Gasteiger partial charge in [0.05, 0.1) is 19.1 Å². The Morgan fingerprint density at radius 3 is 3.13 bits per heavy atom. The Labute approximate surface area is 89.6 Å². The maximum atomic E-state index is 11.5. The van der Waals surface area contributed by atoms with Crippen LogP contribution in [-0.2, 0) is 11.3 Å². The molecule has 0 aliphatic heterocycles. The molecule has 4 nitrogen and oxygen atoms in total. The van der Waals surface area contributed by atoms with Crippen molar-refractivity contribution in [1.29, 1.82) is 0 Å². The zero-order valence-electron chi connectivity index (χ0n) is 8.90. The molecule has 1 amide bonds. The predicted molar refractivity (Wildman–Crippen MR) is 58.2 cm³/mol. The van der Waals surface area contributed by atoms with Gasteiger partial charge < -0.3 is 14.6 Å². The molecule has 1 heterocycles. The van der Waals surface area contributed by atoms with Gasteiger partial charge in [-0.1, -0.05) is 6.08 Å². The predicted octanol–water partition coefficient (Wildman–Crippen LogP) is 1.01. The van der Waals surface area contributed by atoms with Crippen LogP contribution in [0.25, 0.3) is 0 Å². The van der Waals surface area contributed by atoms with Crippen molar-refractivity contribution in [2.24, 2.45) is 0 Å². The van der Waals surface area contributed by atoms with E-state index in [9.17, 15) is 4.79 Å². The van der Waals surface area contributed by atoms with Crippen molar-refractivity contribution in [2.45, 2.75) is 6.54 Å². The van der Waals surface area contributed by atoms with Gasteiger partial charge in [-0.05, 0) is 6.07 Å². The number of rotatable bonds is 6. The molecule has 4 heteroatoms. The largest absolute Gasteiger partial charge is 0.472 e. The van der Waals surface area contributed by atoms with Gasteiger partial charge in [-0.15, -0.1) is 6.58 Å². The van der Waals surface area contributed by atoms with E-state index in [0.29, 0.717) is 19.6 Å². The molecule has 1 aromatic rings. The standard InChI is InChI=1S/C11H16N2O2/c1-3-5-12-7-11(14)13(2)8-10-4-6-15-9-10/h3-4,6,9,12H,1,5,7-8H2,2H3. The van der Waals surface area contributed by atoms with E-state index >= 15 is 0 Å². The van der Waals surface area contributed by atoms with Crippen molar-refractivity contribution in [3.05, 3.63) is 36.8 Å². The Morgan fingerprint density at radius 2 is 2.53 bits per heavy atom. The van der Waals surface area contributed by atoms with Gasteiger partial charge in [-0.25, -0.2) is 0 Å². The Balaban J connectivity index is 2.30. The third-order valence-electron chi connectivity index (χ3n) is 1.99. The van der Waals surface area contributed by atoms with Gasteiger partial charge in [-0.3, -0.25) is 4.79 Å². The average Bonchev–Trinajstić information content (AvgIpc) is 2.70. The average molecular weight is 208 g/mol. The SMILES string of the molecule is C=CCNCC(=O)N(C)Cc1ccoc1. The minimum atomic E-state index is 0.0538. The summed E-state index contributed by atoms with van der Waals surface area (Å²) in [5.41, 5.74) is 0.995. The summed E-state index contributed by atoms with van der Waals surface area (Å²) in [6, 6.07) is 1.85. The lowest BCUT2D eigenvalue weighted by Crippen LogP contribution is -2.35. The van der Waals surface area contributed by atoms with E-state index in [2.05, 4.69) is 11.9 Å². The number of nitrogens with zero attached hydrogens (tertiary/aromatic N) is 1. The Kier molecular flexibility index (Phi) is 4.63. The van der Waals surface area contributed by atoms with Crippen LogP contribution in [0.15, 0.2) is 35.7 Å². The van der Waals surface area contributed by atoms with Crippen molar-refractivity contribution in [3.63, 3.8) is 0 Å². The fraction of sp³-hybridized carbons (Fsp3) is 0.364. The third-order valence-corrected chi connectivity index (χ3v) is 1.99. The van der Waals surface area contributed by atoms with E-state index < -0.39 is 0 Å². The molecule has 0 atom stereocenters. The summed E-state index contributed by atoms with van der Waals surface area (Å²) >= 11 is 0. The molecule has 1 N–H and O–H groups in total. The summed E-state index contributed by atoms with van der Waals surface area (Å²) < 4.78 is 4.93. The number of carbonyl (C=O) groups excluding carboxylic acids is 1. The highest BCUT2D eigenvalue weighted by molar-refractivity contribution is 5.77. The molecule has 0 fully saturated rings. The Morgan fingerprint density at radius 1 is 1.73 bits per heavy atom. The quantitative estimate of drug-likeness (QED) is 0.560. The van der Waals surface area contributed by atoms with Gasteiger partial charge in [0.15, 0.2) is 0 Å². The van der Waals surface area contributed by atoms with Crippen LogP contribution >= 0.6 is 0 Å². The fourth-order valence-electron chi connectivity index (χ4n) is 1.16. The number of hydrogen-bond donors (Lipinski definition) is 1. The molecule has 0 spiro atoms. The fourth-order valence-corrected chi connectivity index (χ4v) is 1.16. The summed E-state index contributed by atoms with van der Waals surface area (Å²) in [4.78, 5) is 13.2. The second-order valence-electron chi connectivity index (χ2n) is 3.30. The van der Waals surface area contributed by atoms with E-state index in [1.54, 1.807) is 30.5 Å². The third kappa shape index (κ3) is 3.99. The van der Waals surface area contributed by atoms with Crippen LogP contribution in [0.1, 0.15) is 5.56 Å². The molecule has 0 aromatic carbocycles. The lowest BCUT2D eigenvalue weighted by Gasteiger charge is -2.16. The summed E-state index contributed by atoms with van der Waals surface area (Å²) in [6.07, 6.45) is 4.97. The van der Waals surface area contributed by atoms with Crippen molar-refractivity contribution in [1.82, 2.24) is 10.2 Å². The minimum absolute atomic E-state index is 0.0538. The second-order valence-corrected chi connectivity index (χ2v) is 3.30. The number of furan rings is 1. The maximum Gasteiger partial charge on any atom is 0.236 e. The van der Waals surface area contributed by atoms with Crippen LogP contribution in [-0.4, -0.2) is 30.9 Å². The number of hydrogen-bond acceptors (Lipinski definition) is 3. The van der Waals surface area contributed by atoms with Crippen LogP contribution in [0.5, 0.6) is 0 Å². The molecular weight excluding hydrogens is 192 g/mol. The molecule has 82 valence electrons. The summed E-state index contributed by atoms with van der Waals surface area (Å²) in [5, 5.41) is 2.96. The monoisotopic (exact) mass is 208 g/mol. The van der Waals surface area contributed by atoms with E-state index in [1.165, 1.54) is 0 Å². The van der Waals surface area contributed by atoms with E-state index in [1.807, 2.05) is 6.07 Å². The van der Waals surface area contributed by atoms with Gasteiger partial charge >= 0.3 is 0 Å². The molecule has 15 heavy (non-hydrogen) atoms. The number of carbonyl (C=O) groups is 1. The zero-order chi connectivity index (χ0) is 11.1. The first-order chi connectivity index (χ1) is 7.24. The smallest absolute Gasteiger partial charge is 0.236 e. The van der Waals surface area contributed by atoms with Crippen molar-refractivity contribution < 1.29 is 9.21 Å². The van der Waals surface area contributed by atoms with Crippen molar-refractivity contribution in [3.8, 4) is 0 Å². The van der Waals surface area contributed by atoms with Crippen LogP contribution in [0.2, 0.25) is 0 Å². The number of likely N-dealkylation sites (N-methyl/N-ethyl adjacent to an activating group) is 1. The van der Waals surface area contributed by atoms with E-state index in [4.69, 9.17) is 4.42 Å². The molecule has 0 radical (unpaired) electrons. The topological polar surface area (TPSA) is 45.5 Å². The first kappa shape index (κ1) is 11.5. The Hall–Kier alpha value is -1.55. The van der Waals surface area contributed by atoms with Gasteiger partial charge in [0, 0.05) is 25.7 Å². The summed E-state index contributed by atoms with van der Waals surface area (Å²) in [6.45, 7) is 5.12. The zero-order valence-corrected chi connectivity index (χ0v) is 8.90. The minimum Gasteiger partial charge on any atom is -0.472 e. The number of nitrogens with one attached hydrogen (secondary N) is 1. The lowest BCUT2D eigenvalue weighted by molar-refractivity contribution is -0.129. The van der Waals surface area contributed by atoms with E-state index in [0.717, 1.165) is 5.56 Å². The molecule has 0 saturated carbocycles. The lowest BCUT2D eigenvalue weighted by atomic mass is 10.3. The van der Waals surface area contributed by atoms with E-state index in [-0.39, 0.29) is 5.91 Å². The molecule has 0 unspecified atom stereocenters. The molecule has 1 aromatic heterocycles. The second kappa shape index (κ2) is 6.03. The van der Waals surface area contributed by atoms with Crippen LogP contribution < -0.4 is 5.32 Å². The summed E-state index contributed by atoms with van der Waals surface area (Å²) in [5.74, 6) is 0.0538. The highest BCUT2D eigenvalue weighted by Crippen LogP contribution is 2.03. The molecule has 0 aliphatic carbocycles. The molecule has 0 saturated heterocycles. The first-order valence-electron chi connectivity index (χ1n) is 4.80. The Bertz CT molecular complexity index is 306. The maximum absolute atomic E-state index is 11.5. The van der Waals surface area contributed by atoms with Gasteiger partial charge in [0.1, 0.15) is 0 Å². The normalized spacial score (nSPS) is 9.93. The summed E-state index contributed by atoms with van der Waals surface area (Å²) in [7, 11) is 1.77. The van der Waals surface area contributed by atoms with Gasteiger partial charge in [0.25, 0.3) is 0 Å². The molecule has 1 rings (SSSR count). The van der Waals surface area contributed by atoms with Gasteiger partial charge in [-0.2, -0.15) is 0 Å². The van der Waals surface area contributed by atoms with Crippen molar-refractivity contribution >= 4 is 5.91 Å². The molecule has 0 bridgehead atoms. The first-order valence-corrected chi connectivity index (χ1v) is 4.80. The van der Waals surface area contributed by atoms with Crippen LogP contribution in [0.4, 0.5) is 0 Å². The van der Waals surface area contributed by atoms with Crippen molar-refractivity contribution in [2.75, 3.05) is 20.1 Å². The number of amides is 1. The molecule has 0 aliphatic rings. The molecular formula is C11H16N2O2. The van der Waals surface area contributed by atoms with Crippen LogP contribution in [0.3, 0.4) is 0 Å². The highest BCUT2D eigenvalue weighted by Gasteiger charge is 2.08. The highest BCUT2D eigenvalue weighted by atomic mass is 16.3.